The maximum atomic E-state index is 11.1. The molecule has 3 heteroatoms. The molecule has 1 aliphatic carbocycles. The topological polar surface area (TPSA) is 29.5 Å². The molecule has 1 aliphatic rings. The van der Waals surface area contributed by atoms with Crippen molar-refractivity contribution in [2.75, 3.05) is 19.7 Å². The van der Waals surface area contributed by atoms with Gasteiger partial charge in [0.2, 0.25) is 0 Å². The largest absolute Gasteiger partial charge is 0.466 e. The van der Waals surface area contributed by atoms with E-state index < -0.39 is 0 Å². The maximum absolute atomic E-state index is 11.1. The van der Waals surface area contributed by atoms with Crippen LogP contribution in [0.15, 0.2) is 0 Å². The van der Waals surface area contributed by atoms with E-state index in [1.807, 2.05) is 6.92 Å². The highest BCUT2D eigenvalue weighted by Crippen LogP contribution is 2.26. The van der Waals surface area contributed by atoms with Gasteiger partial charge in [0, 0.05) is 12.6 Å². The average Bonchev–Trinajstić information content (AvgIpc) is 2.96. The number of carbonyl (C=O) groups is 1. The fourth-order valence-electron chi connectivity index (χ4n) is 1.67. The molecule has 1 saturated carbocycles. The van der Waals surface area contributed by atoms with Crippen LogP contribution in [0.4, 0.5) is 0 Å². The van der Waals surface area contributed by atoms with Crippen LogP contribution < -0.4 is 0 Å². The predicted octanol–water partition coefficient (Wildman–Crippen LogP) is 1.81. The van der Waals surface area contributed by atoms with Gasteiger partial charge < -0.3 is 4.74 Å². The van der Waals surface area contributed by atoms with Crippen molar-refractivity contribution in [1.29, 1.82) is 0 Å². The molecule has 0 heterocycles. The molecule has 0 bridgehead atoms. The fourth-order valence-corrected chi connectivity index (χ4v) is 1.67. The van der Waals surface area contributed by atoms with E-state index in [-0.39, 0.29) is 5.97 Å². The van der Waals surface area contributed by atoms with Crippen molar-refractivity contribution >= 4 is 5.97 Å². The zero-order valence-electron chi connectivity index (χ0n) is 9.29. The Labute approximate surface area is 86.4 Å². The lowest BCUT2D eigenvalue weighted by Crippen LogP contribution is -2.29. The van der Waals surface area contributed by atoms with Crippen molar-refractivity contribution in [2.24, 2.45) is 0 Å². The number of hydrogen-bond donors (Lipinski definition) is 0. The maximum Gasteiger partial charge on any atom is 0.307 e. The fraction of sp³-hybridized carbons (Fsp3) is 0.909. The Morgan fingerprint density at radius 3 is 2.57 bits per heavy atom. The minimum atomic E-state index is -0.0609. The molecule has 1 fully saturated rings. The molecule has 0 aliphatic heterocycles. The first-order valence-corrected chi connectivity index (χ1v) is 5.67. The van der Waals surface area contributed by atoms with E-state index in [0.29, 0.717) is 13.0 Å². The Kier molecular flexibility index (Phi) is 4.94. The SMILES string of the molecule is CCCN(CCC(=O)OCC)C1CC1. The van der Waals surface area contributed by atoms with Gasteiger partial charge in [-0.15, -0.1) is 0 Å². The Hall–Kier alpha value is -0.570. The Bertz CT molecular complexity index is 178. The van der Waals surface area contributed by atoms with Gasteiger partial charge in [0.05, 0.1) is 13.0 Å². The Balaban J connectivity index is 2.15. The molecule has 0 aromatic rings. The van der Waals surface area contributed by atoms with Gasteiger partial charge in [-0.1, -0.05) is 6.92 Å². The van der Waals surface area contributed by atoms with Gasteiger partial charge in [-0.3, -0.25) is 9.69 Å². The molecule has 1 rings (SSSR count). The number of carbonyl (C=O) groups excluding carboxylic acids is 1. The molecule has 0 spiro atoms. The third kappa shape index (κ3) is 4.09. The van der Waals surface area contributed by atoms with Crippen LogP contribution in [0.25, 0.3) is 0 Å². The third-order valence-electron chi connectivity index (χ3n) is 2.48. The van der Waals surface area contributed by atoms with Crippen LogP contribution in [-0.4, -0.2) is 36.6 Å². The first-order valence-electron chi connectivity index (χ1n) is 5.67. The lowest BCUT2D eigenvalue weighted by atomic mass is 10.3. The minimum absolute atomic E-state index is 0.0609. The molecular formula is C11H21NO2. The van der Waals surface area contributed by atoms with E-state index >= 15 is 0 Å². The molecule has 0 aromatic carbocycles. The van der Waals surface area contributed by atoms with Crippen LogP contribution in [-0.2, 0) is 9.53 Å². The Morgan fingerprint density at radius 2 is 2.07 bits per heavy atom. The molecule has 0 amide bonds. The molecule has 0 radical (unpaired) electrons. The van der Waals surface area contributed by atoms with Crippen molar-refractivity contribution in [3.8, 4) is 0 Å². The number of esters is 1. The summed E-state index contributed by atoms with van der Waals surface area (Å²) in [6, 6.07) is 0.754. The van der Waals surface area contributed by atoms with E-state index in [4.69, 9.17) is 4.74 Å². The summed E-state index contributed by atoms with van der Waals surface area (Å²) >= 11 is 0. The second-order valence-electron chi connectivity index (χ2n) is 3.82. The Morgan fingerprint density at radius 1 is 1.36 bits per heavy atom. The average molecular weight is 199 g/mol. The summed E-state index contributed by atoms with van der Waals surface area (Å²) in [4.78, 5) is 13.6. The standard InChI is InChI=1S/C11H21NO2/c1-3-8-12(10-5-6-10)9-7-11(13)14-4-2/h10H,3-9H2,1-2H3. The number of ether oxygens (including phenoxy) is 1. The van der Waals surface area contributed by atoms with Crippen molar-refractivity contribution in [1.82, 2.24) is 4.90 Å². The zero-order chi connectivity index (χ0) is 10.4. The van der Waals surface area contributed by atoms with E-state index in [0.717, 1.165) is 19.1 Å². The summed E-state index contributed by atoms with van der Waals surface area (Å²) in [6.07, 6.45) is 4.33. The van der Waals surface area contributed by atoms with Crippen LogP contribution in [0.1, 0.15) is 39.5 Å². The molecule has 14 heavy (non-hydrogen) atoms. The van der Waals surface area contributed by atoms with E-state index in [2.05, 4.69) is 11.8 Å². The molecule has 0 saturated heterocycles. The van der Waals surface area contributed by atoms with E-state index in [1.54, 1.807) is 0 Å². The molecular weight excluding hydrogens is 178 g/mol. The summed E-state index contributed by atoms with van der Waals surface area (Å²) in [6.45, 7) is 6.51. The minimum Gasteiger partial charge on any atom is -0.466 e. The van der Waals surface area contributed by atoms with Crippen molar-refractivity contribution < 1.29 is 9.53 Å². The molecule has 3 nitrogen and oxygen atoms in total. The van der Waals surface area contributed by atoms with Gasteiger partial charge in [0.1, 0.15) is 0 Å². The van der Waals surface area contributed by atoms with Crippen LogP contribution in [0.5, 0.6) is 0 Å². The summed E-state index contributed by atoms with van der Waals surface area (Å²) in [5.74, 6) is -0.0609. The predicted molar refractivity (Wildman–Crippen MR) is 56.1 cm³/mol. The van der Waals surface area contributed by atoms with Gasteiger partial charge >= 0.3 is 5.97 Å². The lowest BCUT2D eigenvalue weighted by Gasteiger charge is -2.20. The highest BCUT2D eigenvalue weighted by Gasteiger charge is 2.28. The highest BCUT2D eigenvalue weighted by molar-refractivity contribution is 5.69. The summed E-state index contributed by atoms with van der Waals surface area (Å²) in [5, 5.41) is 0. The number of rotatable bonds is 7. The number of nitrogens with zero attached hydrogens (tertiary/aromatic N) is 1. The van der Waals surface area contributed by atoms with Crippen molar-refractivity contribution in [3.05, 3.63) is 0 Å². The first kappa shape index (κ1) is 11.5. The van der Waals surface area contributed by atoms with Crippen molar-refractivity contribution in [3.63, 3.8) is 0 Å². The van der Waals surface area contributed by atoms with Crippen LogP contribution in [0.2, 0.25) is 0 Å². The first-order chi connectivity index (χ1) is 6.77. The van der Waals surface area contributed by atoms with Crippen LogP contribution in [0, 0.1) is 0 Å². The van der Waals surface area contributed by atoms with E-state index in [1.165, 1.54) is 19.3 Å². The smallest absolute Gasteiger partial charge is 0.307 e. The lowest BCUT2D eigenvalue weighted by molar-refractivity contribution is -0.143. The van der Waals surface area contributed by atoms with Gasteiger partial charge in [-0.2, -0.15) is 0 Å². The van der Waals surface area contributed by atoms with Gasteiger partial charge in [-0.25, -0.2) is 0 Å². The normalized spacial score (nSPS) is 15.9. The second-order valence-corrected chi connectivity index (χ2v) is 3.82. The third-order valence-corrected chi connectivity index (χ3v) is 2.48. The molecule has 82 valence electrons. The molecule has 0 atom stereocenters. The number of hydrogen-bond acceptors (Lipinski definition) is 3. The highest BCUT2D eigenvalue weighted by atomic mass is 16.5. The van der Waals surface area contributed by atoms with Crippen molar-refractivity contribution in [2.45, 2.75) is 45.6 Å². The molecule has 0 unspecified atom stereocenters. The summed E-state index contributed by atoms with van der Waals surface area (Å²) in [5.41, 5.74) is 0. The van der Waals surface area contributed by atoms with Gasteiger partial charge in [0.25, 0.3) is 0 Å². The van der Waals surface area contributed by atoms with Gasteiger partial charge in [-0.05, 0) is 32.7 Å². The second kappa shape index (κ2) is 6.02. The zero-order valence-corrected chi connectivity index (χ0v) is 9.29. The monoisotopic (exact) mass is 199 g/mol. The summed E-state index contributed by atoms with van der Waals surface area (Å²) in [7, 11) is 0. The summed E-state index contributed by atoms with van der Waals surface area (Å²) < 4.78 is 4.90. The molecule has 0 aromatic heterocycles. The van der Waals surface area contributed by atoms with E-state index in [9.17, 15) is 4.79 Å². The van der Waals surface area contributed by atoms with Crippen LogP contribution in [0.3, 0.4) is 0 Å². The van der Waals surface area contributed by atoms with Gasteiger partial charge in [0.15, 0.2) is 0 Å². The molecule has 0 N–H and O–H groups in total. The quantitative estimate of drug-likeness (QED) is 0.586. The van der Waals surface area contributed by atoms with Crippen LogP contribution >= 0.6 is 0 Å².